The molecule has 4 heteroatoms. The normalized spacial score (nSPS) is 41.6. The van der Waals surface area contributed by atoms with Gasteiger partial charge < -0.3 is 15.4 Å². The fourth-order valence-electron chi connectivity index (χ4n) is 3.68. The van der Waals surface area contributed by atoms with Crippen molar-refractivity contribution < 1.29 is 9.53 Å². The molecule has 2 saturated heterocycles. The van der Waals surface area contributed by atoms with Gasteiger partial charge in [-0.25, -0.2) is 0 Å². The van der Waals surface area contributed by atoms with Crippen molar-refractivity contribution in [3.05, 3.63) is 0 Å². The van der Waals surface area contributed by atoms with Crippen molar-refractivity contribution in [3.63, 3.8) is 0 Å². The first-order valence-electron chi connectivity index (χ1n) is 6.88. The van der Waals surface area contributed by atoms with Crippen molar-refractivity contribution in [1.29, 1.82) is 0 Å². The number of rotatable bonds is 1. The molecule has 3 fully saturated rings. The highest BCUT2D eigenvalue weighted by Crippen LogP contribution is 2.36. The molecule has 4 nitrogen and oxygen atoms in total. The second kappa shape index (κ2) is 4.58. The Balaban J connectivity index is 1.64. The van der Waals surface area contributed by atoms with Gasteiger partial charge >= 0.3 is 0 Å². The molecular weight excluding hydrogens is 216 g/mol. The Morgan fingerprint density at radius 2 is 2.12 bits per heavy atom. The average Bonchev–Trinajstić information content (AvgIpc) is 2.98. The zero-order valence-corrected chi connectivity index (χ0v) is 10.3. The molecule has 2 aliphatic heterocycles. The zero-order chi connectivity index (χ0) is 11.8. The molecule has 0 aromatic carbocycles. The third kappa shape index (κ3) is 2.08. The maximum Gasteiger partial charge on any atom is 0.228 e. The van der Waals surface area contributed by atoms with Crippen LogP contribution in [0.5, 0.6) is 0 Å². The second-order valence-electron chi connectivity index (χ2n) is 5.82. The van der Waals surface area contributed by atoms with Gasteiger partial charge in [0.05, 0.1) is 12.5 Å². The summed E-state index contributed by atoms with van der Waals surface area (Å²) in [4.78, 5) is 14.4. The SMILES string of the molecule is NC1CCCC2CN(C(=O)C3CCOC3)CC12. The Morgan fingerprint density at radius 3 is 2.82 bits per heavy atom. The van der Waals surface area contributed by atoms with Crippen molar-refractivity contribution in [3.8, 4) is 0 Å². The molecule has 4 atom stereocenters. The van der Waals surface area contributed by atoms with Gasteiger partial charge in [0.1, 0.15) is 0 Å². The summed E-state index contributed by atoms with van der Waals surface area (Å²) in [5, 5.41) is 0. The van der Waals surface area contributed by atoms with Gasteiger partial charge in [-0.1, -0.05) is 6.42 Å². The number of carbonyl (C=O) groups excluding carboxylic acids is 1. The van der Waals surface area contributed by atoms with Crippen LogP contribution in [-0.4, -0.2) is 43.2 Å². The summed E-state index contributed by atoms with van der Waals surface area (Å²) in [6.45, 7) is 3.20. The molecule has 3 aliphatic rings. The van der Waals surface area contributed by atoms with Crippen LogP contribution in [0.15, 0.2) is 0 Å². The van der Waals surface area contributed by atoms with E-state index in [9.17, 15) is 4.79 Å². The van der Waals surface area contributed by atoms with Crippen LogP contribution < -0.4 is 5.73 Å². The van der Waals surface area contributed by atoms with Crippen LogP contribution in [0.4, 0.5) is 0 Å². The third-order valence-corrected chi connectivity index (χ3v) is 4.74. The summed E-state index contributed by atoms with van der Waals surface area (Å²) in [6, 6.07) is 0.311. The minimum Gasteiger partial charge on any atom is -0.381 e. The van der Waals surface area contributed by atoms with E-state index in [0.29, 0.717) is 30.4 Å². The van der Waals surface area contributed by atoms with E-state index < -0.39 is 0 Å². The van der Waals surface area contributed by atoms with Crippen LogP contribution in [0.2, 0.25) is 0 Å². The number of ether oxygens (including phenoxy) is 1. The van der Waals surface area contributed by atoms with Crippen LogP contribution in [-0.2, 0) is 9.53 Å². The molecule has 17 heavy (non-hydrogen) atoms. The molecule has 1 amide bonds. The highest BCUT2D eigenvalue weighted by atomic mass is 16.5. The monoisotopic (exact) mass is 238 g/mol. The smallest absolute Gasteiger partial charge is 0.228 e. The Labute approximate surface area is 102 Å². The van der Waals surface area contributed by atoms with Crippen LogP contribution in [0.1, 0.15) is 25.7 Å². The van der Waals surface area contributed by atoms with E-state index in [0.717, 1.165) is 32.5 Å². The fourth-order valence-corrected chi connectivity index (χ4v) is 3.68. The number of fused-ring (bicyclic) bond motifs is 1. The molecule has 4 unspecified atom stereocenters. The van der Waals surface area contributed by atoms with Crippen LogP contribution in [0, 0.1) is 17.8 Å². The van der Waals surface area contributed by atoms with Crippen molar-refractivity contribution in [2.24, 2.45) is 23.5 Å². The molecule has 1 saturated carbocycles. The Bertz CT molecular complexity index is 302. The van der Waals surface area contributed by atoms with Gasteiger partial charge in [-0.15, -0.1) is 0 Å². The first-order valence-corrected chi connectivity index (χ1v) is 6.88. The van der Waals surface area contributed by atoms with E-state index in [4.69, 9.17) is 10.5 Å². The lowest BCUT2D eigenvalue weighted by Crippen LogP contribution is -2.39. The minimum atomic E-state index is 0.117. The maximum atomic E-state index is 12.3. The lowest BCUT2D eigenvalue weighted by atomic mass is 9.78. The summed E-state index contributed by atoms with van der Waals surface area (Å²) < 4.78 is 5.31. The average molecular weight is 238 g/mol. The van der Waals surface area contributed by atoms with Crippen LogP contribution in [0.25, 0.3) is 0 Å². The van der Waals surface area contributed by atoms with Crippen molar-refractivity contribution >= 4 is 5.91 Å². The van der Waals surface area contributed by atoms with E-state index in [1.807, 2.05) is 0 Å². The highest BCUT2D eigenvalue weighted by Gasteiger charge is 2.42. The largest absolute Gasteiger partial charge is 0.381 e. The van der Waals surface area contributed by atoms with Crippen molar-refractivity contribution in [2.75, 3.05) is 26.3 Å². The molecule has 1 aliphatic carbocycles. The number of hydrogen-bond acceptors (Lipinski definition) is 3. The number of hydrogen-bond donors (Lipinski definition) is 1. The molecule has 0 radical (unpaired) electrons. The molecule has 0 bridgehead atoms. The Kier molecular flexibility index (Phi) is 3.09. The maximum absolute atomic E-state index is 12.3. The minimum absolute atomic E-state index is 0.117. The predicted octanol–water partition coefficient (Wildman–Crippen LogP) is 0.609. The molecule has 2 N–H and O–H groups in total. The van der Waals surface area contributed by atoms with E-state index in [1.165, 1.54) is 12.8 Å². The molecule has 3 rings (SSSR count). The third-order valence-electron chi connectivity index (χ3n) is 4.74. The lowest BCUT2D eigenvalue weighted by molar-refractivity contribution is -0.134. The van der Waals surface area contributed by atoms with Gasteiger partial charge in [-0.3, -0.25) is 4.79 Å². The summed E-state index contributed by atoms with van der Waals surface area (Å²) in [6.07, 6.45) is 4.52. The molecule has 0 spiro atoms. The number of nitrogens with two attached hydrogens (primary N) is 1. The van der Waals surface area contributed by atoms with Crippen LogP contribution in [0.3, 0.4) is 0 Å². The van der Waals surface area contributed by atoms with E-state index >= 15 is 0 Å². The Hall–Kier alpha value is -0.610. The zero-order valence-electron chi connectivity index (χ0n) is 10.3. The van der Waals surface area contributed by atoms with E-state index in [1.54, 1.807) is 0 Å². The predicted molar refractivity (Wildman–Crippen MR) is 64.3 cm³/mol. The highest BCUT2D eigenvalue weighted by molar-refractivity contribution is 5.79. The molecule has 0 aromatic rings. The first kappa shape index (κ1) is 11.5. The van der Waals surface area contributed by atoms with E-state index in [2.05, 4.69) is 4.90 Å². The summed E-state index contributed by atoms with van der Waals surface area (Å²) in [7, 11) is 0. The number of amides is 1. The van der Waals surface area contributed by atoms with Gasteiger partial charge in [0.2, 0.25) is 5.91 Å². The van der Waals surface area contributed by atoms with Gasteiger partial charge in [0, 0.05) is 25.7 Å². The number of likely N-dealkylation sites (tertiary alicyclic amines) is 1. The van der Waals surface area contributed by atoms with Gasteiger partial charge in [0.25, 0.3) is 0 Å². The molecule has 0 aromatic heterocycles. The fraction of sp³-hybridized carbons (Fsp3) is 0.923. The second-order valence-corrected chi connectivity index (χ2v) is 5.82. The topological polar surface area (TPSA) is 55.6 Å². The van der Waals surface area contributed by atoms with Gasteiger partial charge in [-0.2, -0.15) is 0 Å². The van der Waals surface area contributed by atoms with Crippen LogP contribution >= 0.6 is 0 Å². The first-order chi connectivity index (χ1) is 8.25. The summed E-state index contributed by atoms with van der Waals surface area (Å²) in [5.41, 5.74) is 6.17. The molecular formula is C13H22N2O2. The number of carbonyl (C=O) groups is 1. The molecule has 2 heterocycles. The summed E-state index contributed by atoms with van der Waals surface area (Å²) >= 11 is 0. The Morgan fingerprint density at radius 1 is 1.24 bits per heavy atom. The quantitative estimate of drug-likeness (QED) is 0.728. The summed E-state index contributed by atoms with van der Waals surface area (Å²) in [5.74, 6) is 1.63. The van der Waals surface area contributed by atoms with E-state index in [-0.39, 0.29) is 5.92 Å². The number of nitrogens with zero attached hydrogens (tertiary/aromatic N) is 1. The standard InChI is InChI=1S/C13H22N2O2/c14-12-3-1-2-9-6-15(7-11(9)12)13(16)10-4-5-17-8-10/h9-12H,1-8,14H2. The van der Waals surface area contributed by atoms with Gasteiger partial charge in [-0.05, 0) is 31.1 Å². The molecule has 96 valence electrons. The van der Waals surface area contributed by atoms with Gasteiger partial charge in [0.15, 0.2) is 0 Å². The lowest BCUT2D eigenvalue weighted by Gasteiger charge is -2.29. The van der Waals surface area contributed by atoms with Crippen molar-refractivity contribution in [2.45, 2.75) is 31.7 Å². The van der Waals surface area contributed by atoms with Crippen molar-refractivity contribution in [1.82, 2.24) is 4.90 Å².